The van der Waals surface area contributed by atoms with E-state index in [-0.39, 0.29) is 6.10 Å². The molecule has 1 saturated carbocycles. The van der Waals surface area contributed by atoms with E-state index in [1.807, 2.05) is 25.3 Å². The first-order chi connectivity index (χ1) is 9.63. The number of hydrogen-bond donors (Lipinski definition) is 1. The summed E-state index contributed by atoms with van der Waals surface area (Å²) in [5.41, 5.74) is 3.32. The van der Waals surface area contributed by atoms with E-state index in [2.05, 4.69) is 16.0 Å². The third-order valence-electron chi connectivity index (χ3n) is 4.85. The van der Waals surface area contributed by atoms with Crippen LogP contribution in [0.2, 0.25) is 5.02 Å². The maximum Gasteiger partial charge on any atom is 0.0752 e. The molecule has 0 radical (unpaired) electrons. The Balaban J connectivity index is 1.80. The van der Waals surface area contributed by atoms with E-state index in [4.69, 9.17) is 11.6 Å². The molecule has 2 aromatic rings. The first-order valence-corrected chi connectivity index (χ1v) is 7.49. The fourth-order valence-electron chi connectivity index (χ4n) is 3.72. The molecule has 1 aromatic heterocycles. The van der Waals surface area contributed by atoms with Gasteiger partial charge in [-0.1, -0.05) is 11.6 Å². The highest BCUT2D eigenvalue weighted by atomic mass is 35.5. The van der Waals surface area contributed by atoms with E-state index < -0.39 is 0 Å². The predicted molar refractivity (Wildman–Crippen MR) is 81.3 cm³/mol. The van der Waals surface area contributed by atoms with Crippen molar-refractivity contribution in [2.45, 2.75) is 19.4 Å². The lowest BCUT2D eigenvalue weighted by molar-refractivity contribution is -0.00398. The van der Waals surface area contributed by atoms with Crippen molar-refractivity contribution < 1.29 is 5.11 Å². The number of aryl methyl sites for hydroxylation is 1. The molecule has 4 heteroatoms. The minimum atomic E-state index is -0.108. The van der Waals surface area contributed by atoms with Crippen LogP contribution < -0.4 is 4.90 Å². The van der Waals surface area contributed by atoms with Crippen molar-refractivity contribution in [3.8, 4) is 0 Å². The lowest BCUT2D eigenvalue weighted by Crippen LogP contribution is -2.39. The van der Waals surface area contributed by atoms with E-state index in [0.717, 1.165) is 41.0 Å². The largest absolute Gasteiger partial charge is 0.393 e. The Labute approximate surface area is 123 Å². The number of halogens is 1. The summed E-state index contributed by atoms with van der Waals surface area (Å²) in [6.07, 6.45) is 2.71. The molecule has 4 rings (SSSR count). The van der Waals surface area contributed by atoms with Crippen molar-refractivity contribution in [3.05, 3.63) is 35.0 Å². The van der Waals surface area contributed by atoms with Gasteiger partial charge in [0, 0.05) is 41.3 Å². The molecule has 3 nitrogen and oxygen atoms in total. The van der Waals surface area contributed by atoms with Crippen LogP contribution in [0.3, 0.4) is 0 Å². The molecule has 2 fully saturated rings. The van der Waals surface area contributed by atoms with E-state index in [1.54, 1.807) is 0 Å². The molecular weight excluding hydrogens is 272 g/mol. The van der Waals surface area contributed by atoms with Crippen LogP contribution in [0, 0.1) is 18.8 Å². The summed E-state index contributed by atoms with van der Waals surface area (Å²) in [6, 6.07) is 6.02. The van der Waals surface area contributed by atoms with Crippen molar-refractivity contribution in [3.63, 3.8) is 0 Å². The van der Waals surface area contributed by atoms with Crippen molar-refractivity contribution in [2.24, 2.45) is 11.8 Å². The number of hydrogen-bond acceptors (Lipinski definition) is 3. The normalized spacial score (nSPS) is 28.6. The molecule has 2 aliphatic rings. The molecule has 0 amide bonds. The van der Waals surface area contributed by atoms with Gasteiger partial charge in [0.05, 0.1) is 11.6 Å². The molecule has 104 valence electrons. The van der Waals surface area contributed by atoms with Crippen molar-refractivity contribution in [1.82, 2.24) is 4.98 Å². The van der Waals surface area contributed by atoms with Crippen molar-refractivity contribution >= 4 is 28.2 Å². The van der Waals surface area contributed by atoms with Crippen LogP contribution in [0.4, 0.5) is 5.69 Å². The second-order valence-corrected chi connectivity index (χ2v) is 6.52. The molecular formula is C16H17ClN2O. The smallest absolute Gasteiger partial charge is 0.0752 e. The summed E-state index contributed by atoms with van der Waals surface area (Å²) in [4.78, 5) is 6.87. The Morgan fingerprint density at radius 1 is 1.35 bits per heavy atom. The Hall–Kier alpha value is -1.32. The molecule has 0 bridgehead atoms. The first kappa shape index (κ1) is 12.4. The van der Waals surface area contributed by atoms with Crippen LogP contribution >= 0.6 is 11.6 Å². The molecule has 20 heavy (non-hydrogen) atoms. The number of rotatable bonds is 1. The number of anilines is 1. The predicted octanol–water partition coefficient (Wildman–Crippen LogP) is 3.01. The molecule has 3 atom stereocenters. The molecule has 2 heterocycles. The van der Waals surface area contributed by atoms with Gasteiger partial charge >= 0.3 is 0 Å². The summed E-state index contributed by atoms with van der Waals surface area (Å²) in [6.45, 7) is 4.02. The van der Waals surface area contributed by atoms with Crippen LogP contribution in [-0.4, -0.2) is 29.3 Å². The maximum absolute atomic E-state index is 9.82. The number of aromatic nitrogens is 1. The number of fused-ring (bicyclic) bond motifs is 2. The van der Waals surface area contributed by atoms with Gasteiger partial charge in [0.15, 0.2) is 0 Å². The number of nitrogens with zero attached hydrogens (tertiary/aromatic N) is 2. The molecule has 1 aromatic carbocycles. The van der Waals surface area contributed by atoms with Gasteiger partial charge in [-0.05, 0) is 43.0 Å². The highest BCUT2D eigenvalue weighted by Gasteiger charge is 2.46. The minimum absolute atomic E-state index is 0.108. The van der Waals surface area contributed by atoms with Crippen LogP contribution in [0.15, 0.2) is 24.4 Å². The lowest BCUT2D eigenvalue weighted by atomic mass is 9.74. The minimum Gasteiger partial charge on any atom is -0.393 e. The number of pyridine rings is 1. The van der Waals surface area contributed by atoms with E-state index in [0.29, 0.717) is 11.8 Å². The van der Waals surface area contributed by atoms with Gasteiger partial charge in [0.1, 0.15) is 0 Å². The molecule has 1 aliphatic heterocycles. The van der Waals surface area contributed by atoms with Crippen LogP contribution in [0.25, 0.3) is 10.9 Å². The molecule has 1 N–H and O–H groups in total. The van der Waals surface area contributed by atoms with Gasteiger partial charge in [-0.15, -0.1) is 0 Å². The maximum atomic E-state index is 9.82. The van der Waals surface area contributed by atoms with E-state index in [1.165, 1.54) is 5.69 Å². The molecule has 1 aliphatic carbocycles. The SMILES string of the molecule is Cc1cc(Cl)cc2c(N3C[C@H]4C[C@H](O)[C@H]4C3)ccnc12. The molecule has 0 unspecified atom stereocenters. The molecule has 1 saturated heterocycles. The zero-order chi connectivity index (χ0) is 13.9. The van der Waals surface area contributed by atoms with Crippen LogP contribution in [0.5, 0.6) is 0 Å². The average molecular weight is 289 g/mol. The first-order valence-electron chi connectivity index (χ1n) is 7.11. The zero-order valence-corrected chi connectivity index (χ0v) is 12.1. The fraction of sp³-hybridized carbons (Fsp3) is 0.438. The van der Waals surface area contributed by atoms with Crippen molar-refractivity contribution in [2.75, 3.05) is 18.0 Å². The lowest BCUT2D eigenvalue weighted by Gasteiger charge is -2.34. The van der Waals surface area contributed by atoms with Gasteiger partial charge in [-0.3, -0.25) is 4.98 Å². The second-order valence-electron chi connectivity index (χ2n) is 6.08. The third-order valence-corrected chi connectivity index (χ3v) is 5.07. The zero-order valence-electron chi connectivity index (χ0n) is 11.4. The Kier molecular flexibility index (Phi) is 2.69. The number of aliphatic hydroxyl groups excluding tert-OH is 1. The topological polar surface area (TPSA) is 36.4 Å². The van der Waals surface area contributed by atoms with Gasteiger partial charge < -0.3 is 10.0 Å². The Morgan fingerprint density at radius 3 is 2.95 bits per heavy atom. The van der Waals surface area contributed by atoms with Crippen molar-refractivity contribution in [1.29, 1.82) is 0 Å². The standard InChI is InChI=1S/C16H17ClN2O/c1-9-4-11(17)6-12-14(2-3-18-16(9)12)19-7-10-5-15(20)13(10)8-19/h2-4,6,10,13,15,20H,5,7-8H2,1H3/t10-,13+,15+/m1/s1. The summed E-state index contributed by atoms with van der Waals surface area (Å²) in [5, 5.41) is 11.7. The summed E-state index contributed by atoms with van der Waals surface area (Å²) in [5.74, 6) is 1.09. The number of aliphatic hydroxyl groups is 1. The fourth-order valence-corrected chi connectivity index (χ4v) is 3.99. The highest BCUT2D eigenvalue weighted by molar-refractivity contribution is 6.31. The quantitative estimate of drug-likeness (QED) is 0.876. The molecule has 0 spiro atoms. The van der Waals surface area contributed by atoms with Crippen LogP contribution in [-0.2, 0) is 0 Å². The van der Waals surface area contributed by atoms with Gasteiger partial charge in [0.25, 0.3) is 0 Å². The Morgan fingerprint density at radius 2 is 2.20 bits per heavy atom. The van der Waals surface area contributed by atoms with Crippen LogP contribution in [0.1, 0.15) is 12.0 Å². The summed E-state index contributed by atoms with van der Waals surface area (Å²) >= 11 is 6.21. The summed E-state index contributed by atoms with van der Waals surface area (Å²) < 4.78 is 0. The monoisotopic (exact) mass is 288 g/mol. The second kappa shape index (κ2) is 4.34. The Bertz CT molecular complexity index is 687. The number of benzene rings is 1. The van der Waals surface area contributed by atoms with Gasteiger partial charge in [-0.25, -0.2) is 0 Å². The highest BCUT2D eigenvalue weighted by Crippen LogP contribution is 2.43. The summed E-state index contributed by atoms with van der Waals surface area (Å²) in [7, 11) is 0. The third kappa shape index (κ3) is 1.73. The van der Waals surface area contributed by atoms with Gasteiger partial charge in [-0.2, -0.15) is 0 Å². The van der Waals surface area contributed by atoms with Gasteiger partial charge in [0.2, 0.25) is 0 Å². The van der Waals surface area contributed by atoms with E-state index in [9.17, 15) is 5.11 Å². The average Bonchev–Trinajstić information content (AvgIpc) is 2.75. The van der Waals surface area contributed by atoms with E-state index >= 15 is 0 Å².